The average Bonchev–Trinajstić information content (AvgIpc) is 3.43. The first-order valence-corrected chi connectivity index (χ1v) is 9.96. The van der Waals surface area contributed by atoms with E-state index in [4.69, 9.17) is 4.74 Å². The van der Waals surface area contributed by atoms with Gasteiger partial charge in [0.2, 0.25) is 0 Å². The van der Waals surface area contributed by atoms with Gasteiger partial charge in [0.25, 0.3) is 0 Å². The molecule has 0 atom stereocenters. The van der Waals surface area contributed by atoms with Gasteiger partial charge in [-0.25, -0.2) is 9.48 Å². The van der Waals surface area contributed by atoms with Crippen LogP contribution in [-0.2, 0) is 24.2 Å². The molecule has 2 aliphatic rings. The normalized spacial score (nSPS) is 17.2. The van der Waals surface area contributed by atoms with Gasteiger partial charge in [0, 0.05) is 52.9 Å². The monoisotopic (exact) mass is 364 g/mol. The lowest BCUT2D eigenvalue weighted by molar-refractivity contribution is 0.123. The summed E-state index contributed by atoms with van der Waals surface area (Å²) in [6.07, 6.45) is 7.61. The summed E-state index contributed by atoms with van der Waals surface area (Å²) in [6, 6.07) is 0. The Hall–Kier alpha value is -1.83. The third-order valence-electron chi connectivity index (χ3n) is 4.90. The van der Waals surface area contributed by atoms with Gasteiger partial charge in [0.1, 0.15) is 5.82 Å². The van der Waals surface area contributed by atoms with Crippen LogP contribution in [0, 0.1) is 5.92 Å². The molecule has 146 valence electrons. The van der Waals surface area contributed by atoms with E-state index in [2.05, 4.69) is 20.7 Å². The lowest BCUT2D eigenvalue weighted by Crippen LogP contribution is -2.39. The van der Waals surface area contributed by atoms with Crippen LogP contribution in [0.1, 0.15) is 44.3 Å². The molecule has 8 heteroatoms. The molecular weight excluding hydrogens is 332 g/mol. The number of nitrogens with zero attached hydrogens (tertiary/aromatic N) is 4. The number of ether oxygens (including phenoxy) is 1. The maximum absolute atomic E-state index is 12.3. The van der Waals surface area contributed by atoms with Gasteiger partial charge in [-0.15, -0.1) is 0 Å². The molecule has 2 N–H and O–H groups in total. The molecular formula is C18H32N6O2. The molecule has 3 rings (SSSR count). The van der Waals surface area contributed by atoms with Crippen LogP contribution in [0.15, 0.2) is 9.79 Å². The Labute approximate surface area is 155 Å². The summed E-state index contributed by atoms with van der Waals surface area (Å²) in [4.78, 5) is 16.5. The van der Waals surface area contributed by atoms with Crippen molar-refractivity contribution in [1.82, 2.24) is 25.0 Å². The molecule has 1 aromatic rings. The molecule has 0 saturated heterocycles. The van der Waals surface area contributed by atoms with Crippen molar-refractivity contribution in [2.45, 2.75) is 58.0 Å². The zero-order chi connectivity index (χ0) is 18.2. The van der Waals surface area contributed by atoms with Crippen molar-refractivity contribution in [2.75, 3.05) is 33.4 Å². The van der Waals surface area contributed by atoms with E-state index in [0.717, 1.165) is 82.7 Å². The lowest BCUT2D eigenvalue weighted by atomic mass is 10.2. The number of aliphatic imine (C=N–C) groups is 1. The molecule has 0 spiro atoms. The van der Waals surface area contributed by atoms with E-state index in [1.165, 1.54) is 12.8 Å². The minimum Gasteiger partial charge on any atom is -0.381 e. The zero-order valence-electron chi connectivity index (χ0n) is 15.9. The third kappa shape index (κ3) is 5.59. The van der Waals surface area contributed by atoms with Crippen LogP contribution in [0.2, 0.25) is 0 Å². The summed E-state index contributed by atoms with van der Waals surface area (Å²) < 4.78 is 9.05. The van der Waals surface area contributed by atoms with Crippen LogP contribution < -0.4 is 16.3 Å². The smallest absolute Gasteiger partial charge is 0.345 e. The molecule has 1 saturated carbocycles. The average molecular weight is 364 g/mol. The van der Waals surface area contributed by atoms with E-state index in [1.54, 1.807) is 11.7 Å². The molecule has 2 heterocycles. The molecule has 0 amide bonds. The number of guanidine groups is 1. The summed E-state index contributed by atoms with van der Waals surface area (Å²) in [5.41, 5.74) is 0.0356. The number of hydrogen-bond donors (Lipinski definition) is 2. The van der Waals surface area contributed by atoms with E-state index >= 15 is 0 Å². The van der Waals surface area contributed by atoms with Crippen molar-refractivity contribution in [2.24, 2.45) is 10.9 Å². The predicted molar refractivity (Wildman–Crippen MR) is 102 cm³/mol. The molecule has 0 aromatic carbocycles. The van der Waals surface area contributed by atoms with Gasteiger partial charge in [0.15, 0.2) is 5.96 Å². The van der Waals surface area contributed by atoms with Crippen LogP contribution in [-0.4, -0.2) is 53.7 Å². The van der Waals surface area contributed by atoms with Gasteiger partial charge in [-0.3, -0.25) is 9.56 Å². The molecule has 1 aliphatic carbocycles. The van der Waals surface area contributed by atoms with Crippen LogP contribution in [0.4, 0.5) is 0 Å². The van der Waals surface area contributed by atoms with Gasteiger partial charge < -0.3 is 15.4 Å². The SMILES string of the molecule is CN=C(NCCCOCC1CC1)NCCCn1nc2n(c1=O)CCCC2. The molecule has 0 bridgehead atoms. The molecule has 8 nitrogen and oxygen atoms in total. The van der Waals surface area contributed by atoms with E-state index in [0.29, 0.717) is 6.54 Å². The summed E-state index contributed by atoms with van der Waals surface area (Å²) >= 11 is 0. The van der Waals surface area contributed by atoms with Gasteiger partial charge in [0.05, 0.1) is 0 Å². The Bertz CT molecular complexity index is 647. The molecule has 26 heavy (non-hydrogen) atoms. The number of hydrogen-bond acceptors (Lipinski definition) is 4. The van der Waals surface area contributed by atoms with Crippen molar-refractivity contribution in [3.8, 4) is 0 Å². The summed E-state index contributed by atoms with van der Waals surface area (Å²) in [6.45, 7) is 4.77. The maximum atomic E-state index is 12.3. The molecule has 0 unspecified atom stereocenters. The van der Waals surface area contributed by atoms with E-state index in [-0.39, 0.29) is 5.69 Å². The zero-order valence-corrected chi connectivity index (χ0v) is 15.9. The summed E-state index contributed by atoms with van der Waals surface area (Å²) in [5, 5.41) is 11.0. The standard InChI is InChI=1S/C18H32N6O2/c1-19-17(21-10-5-13-26-14-15-7-8-15)20-9-4-12-24-18(25)23-11-3-2-6-16(23)22-24/h15H,2-14H2,1H3,(H2,19,20,21). The predicted octanol–water partition coefficient (Wildman–Crippen LogP) is 0.753. The molecule has 0 radical (unpaired) electrons. The summed E-state index contributed by atoms with van der Waals surface area (Å²) in [7, 11) is 1.77. The van der Waals surface area contributed by atoms with Crippen molar-refractivity contribution in [3.63, 3.8) is 0 Å². The fourth-order valence-electron chi connectivity index (χ4n) is 3.17. The quantitative estimate of drug-likeness (QED) is 0.364. The Morgan fingerprint density at radius 2 is 2.08 bits per heavy atom. The van der Waals surface area contributed by atoms with Crippen LogP contribution >= 0.6 is 0 Å². The van der Waals surface area contributed by atoms with Crippen molar-refractivity contribution >= 4 is 5.96 Å². The highest BCUT2D eigenvalue weighted by atomic mass is 16.5. The maximum Gasteiger partial charge on any atom is 0.345 e. The number of aromatic nitrogens is 3. The number of aryl methyl sites for hydroxylation is 2. The largest absolute Gasteiger partial charge is 0.381 e. The van der Waals surface area contributed by atoms with E-state index in [1.807, 2.05) is 4.57 Å². The minimum atomic E-state index is 0.0356. The van der Waals surface area contributed by atoms with Crippen LogP contribution in [0.3, 0.4) is 0 Å². The van der Waals surface area contributed by atoms with Gasteiger partial charge in [-0.1, -0.05) is 0 Å². The first kappa shape index (κ1) is 18.9. The Balaban J connectivity index is 1.28. The second-order valence-corrected chi connectivity index (χ2v) is 7.18. The highest BCUT2D eigenvalue weighted by molar-refractivity contribution is 5.79. The summed E-state index contributed by atoms with van der Waals surface area (Å²) in [5.74, 6) is 2.56. The van der Waals surface area contributed by atoms with Crippen molar-refractivity contribution in [1.29, 1.82) is 0 Å². The van der Waals surface area contributed by atoms with Gasteiger partial charge in [-0.2, -0.15) is 5.10 Å². The van der Waals surface area contributed by atoms with E-state index < -0.39 is 0 Å². The third-order valence-corrected chi connectivity index (χ3v) is 4.90. The number of rotatable bonds is 10. The first-order chi connectivity index (χ1) is 12.8. The highest BCUT2D eigenvalue weighted by Crippen LogP contribution is 2.28. The number of nitrogens with one attached hydrogen (secondary N) is 2. The Morgan fingerprint density at radius 3 is 2.81 bits per heavy atom. The second kappa shape index (κ2) is 9.75. The fraction of sp³-hybridized carbons (Fsp3) is 0.833. The van der Waals surface area contributed by atoms with Crippen molar-refractivity contribution < 1.29 is 4.74 Å². The molecule has 1 aromatic heterocycles. The Morgan fingerprint density at radius 1 is 1.27 bits per heavy atom. The lowest BCUT2D eigenvalue weighted by Gasteiger charge is -2.11. The van der Waals surface area contributed by atoms with Gasteiger partial charge in [-0.05, 0) is 44.4 Å². The van der Waals surface area contributed by atoms with Crippen LogP contribution in [0.5, 0.6) is 0 Å². The minimum absolute atomic E-state index is 0.0356. The highest BCUT2D eigenvalue weighted by Gasteiger charge is 2.20. The fourth-order valence-corrected chi connectivity index (χ4v) is 3.17. The topological polar surface area (TPSA) is 85.5 Å². The Kier molecular flexibility index (Phi) is 7.11. The first-order valence-electron chi connectivity index (χ1n) is 9.96. The molecule has 1 fully saturated rings. The second-order valence-electron chi connectivity index (χ2n) is 7.18. The number of fused-ring (bicyclic) bond motifs is 1. The molecule has 1 aliphatic heterocycles. The van der Waals surface area contributed by atoms with E-state index in [9.17, 15) is 4.79 Å². The van der Waals surface area contributed by atoms with Crippen molar-refractivity contribution in [3.05, 3.63) is 16.3 Å². The van der Waals surface area contributed by atoms with Crippen LogP contribution in [0.25, 0.3) is 0 Å². The van der Waals surface area contributed by atoms with Gasteiger partial charge >= 0.3 is 5.69 Å².